The number of rotatable bonds is 6. The van der Waals surface area contributed by atoms with E-state index >= 15 is 0 Å². The Morgan fingerprint density at radius 3 is 2.75 bits per heavy atom. The molecule has 0 aliphatic carbocycles. The molecule has 1 saturated heterocycles. The van der Waals surface area contributed by atoms with Crippen LogP contribution in [0.25, 0.3) is 22.3 Å². The van der Waals surface area contributed by atoms with Gasteiger partial charge in [0.2, 0.25) is 15.9 Å². The highest BCUT2D eigenvalue weighted by Gasteiger charge is 2.28. The predicted molar refractivity (Wildman–Crippen MR) is 122 cm³/mol. The summed E-state index contributed by atoms with van der Waals surface area (Å²) in [6.07, 6.45) is 5.57. The maximum Gasteiger partial charge on any atom is 0.246 e. The van der Waals surface area contributed by atoms with Crippen LogP contribution in [-0.4, -0.2) is 58.3 Å². The summed E-state index contributed by atoms with van der Waals surface area (Å²) in [5.74, 6) is 0.229. The number of anilines is 1. The van der Waals surface area contributed by atoms with Crippen molar-refractivity contribution in [3.05, 3.63) is 48.8 Å². The lowest BCUT2D eigenvalue weighted by atomic mass is 10.1. The van der Waals surface area contributed by atoms with Gasteiger partial charge in [-0.25, -0.2) is 27.8 Å². The van der Waals surface area contributed by atoms with Crippen LogP contribution in [0, 0.1) is 0 Å². The minimum Gasteiger partial charge on any atom is -0.383 e. The highest BCUT2D eigenvalue weighted by molar-refractivity contribution is 7.88. The number of carbonyl (C=O) groups excluding carboxylic acids is 1. The normalized spacial score (nSPS) is 16.9. The number of nitrogen functional groups attached to an aromatic ring is 1. The molecule has 1 atom stereocenters. The quantitative estimate of drug-likeness (QED) is 0.537. The molecule has 3 aromatic rings. The Hall–Kier alpha value is -3.31. The molecule has 1 amide bonds. The van der Waals surface area contributed by atoms with Gasteiger partial charge in [-0.1, -0.05) is 30.8 Å². The SMILES string of the molecule is C=CC(=O)N1CCCC(n2nc(-c3ccc(CNS(C)(=O)=O)cc3)c3c(N)ncnc32)C1. The van der Waals surface area contributed by atoms with Crippen LogP contribution in [0.4, 0.5) is 5.82 Å². The molecule has 1 aromatic carbocycles. The van der Waals surface area contributed by atoms with Crippen molar-refractivity contribution in [2.24, 2.45) is 0 Å². The fourth-order valence-electron chi connectivity index (χ4n) is 3.93. The van der Waals surface area contributed by atoms with Gasteiger partial charge in [-0.05, 0) is 24.5 Å². The van der Waals surface area contributed by atoms with Crippen molar-refractivity contribution in [2.75, 3.05) is 25.1 Å². The summed E-state index contributed by atoms with van der Waals surface area (Å²) < 4.78 is 27.0. The molecule has 3 heterocycles. The number of hydrogen-bond donors (Lipinski definition) is 2. The van der Waals surface area contributed by atoms with Crippen molar-refractivity contribution in [3.8, 4) is 11.3 Å². The highest BCUT2D eigenvalue weighted by Crippen LogP contribution is 2.33. The number of fused-ring (bicyclic) bond motifs is 1. The molecule has 2 aromatic heterocycles. The van der Waals surface area contributed by atoms with Crippen LogP contribution in [0.1, 0.15) is 24.4 Å². The minimum absolute atomic E-state index is 0.0450. The molecule has 168 valence electrons. The second-order valence-corrected chi connectivity index (χ2v) is 9.66. The predicted octanol–water partition coefficient (Wildman–Crippen LogP) is 1.47. The molecule has 0 saturated carbocycles. The van der Waals surface area contributed by atoms with Crippen LogP contribution in [-0.2, 0) is 21.4 Å². The molecule has 1 aliphatic heterocycles. The summed E-state index contributed by atoms with van der Waals surface area (Å²) in [6.45, 7) is 4.99. The zero-order valence-corrected chi connectivity index (χ0v) is 18.5. The number of nitrogens with zero attached hydrogens (tertiary/aromatic N) is 5. The van der Waals surface area contributed by atoms with E-state index in [0.717, 1.165) is 30.2 Å². The number of amides is 1. The smallest absolute Gasteiger partial charge is 0.246 e. The Morgan fingerprint density at radius 1 is 1.31 bits per heavy atom. The lowest BCUT2D eigenvalue weighted by Crippen LogP contribution is -2.40. The fourth-order valence-corrected chi connectivity index (χ4v) is 4.36. The second kappa shape index (κ2) is 8.67. The van der Waals surface area contributed by atoms with Crippen molar-refractivity contribution in [1.82, 2.24) is 29.4 Å². The van der Waals surface area contributed by atoms with E-state index in [1.165, 1.54) is 12.4 Å². The van der Waals surface area contributed by atoms with E-state index in [9.17, 15) is 13.2 Å². The van der Waals surface area contributed by atoms with E-state index in [2.05, 4.69) is 21.3 Å². The number of piperidine rings is 1. The third kappa shape index (κ3) is 4.48. The van der Waals surface area contributed by atoms with Gasteiger partial charge >= 0.3 is 0 Å². The largest absolute Gasteiger partial charge is 0.383 e. The zero-order chi connectivity index (χ0) is 22.9. The summed E-state index contributed by atoms with van der Waals surface area (Å²) in [5.41, 5.74) is 9.10. The van der Waals surface area contributed by atoms with E-state index in [0.29, 0.717) is 35.6 Å². The number of benzene rings is 1. The van der Waals surface area contributed by atoms with Gasteiger partial charge in [-0.2, -0.15) is 5.10 Å². The van der Waals surface area contributed by atoms with E-state index in [1.54, 1.807) is 4.90 Å². The van der Waals surface area contributed by atoms with E-state index in [1.807, 2.05) is 28.9 Å². The molecule has 32 heavy (non-hydrogen) atoms. The summed E-state index contributed by atoms with van der Waals surface area (Å²) in [4.78, 5) is 22.5. The zero-order valence-electron chi connectivity index (χ0n) is 17.7. The van der Waals surface area contributed by atoms with E-state index in [-0.39, 0.29) is 18.5 Å². The average Bonchev–Trinajstić information content (AvgIpc) is 3.18. The number of likely N-dealkylation sites (tertiary alicyclic amines) is 1. The maximum atomic E-state index is 12.1. The number of aromatic nitrogens is 4. The molecular weight excluding hydrogens is 430 g/mol. The Bertz CT molecular complexity index is 1270. The van der Waals surface area contributed by atoms with Crippen LogP contribution in [0.15, 0.2) is 43.2 Å². The first-order valence-electron chi connectivity index (χ1n) is 10.2. The molecule has 10 nitrogen and oxygen atoms in total. The molecule has 3 N–H and O–H groups in total. The average molecular weight is 456 g/mol. The number of hydrogen-bond acceptors (Lipinski definition) is 7. The topological polar surface area (TPSA) is 136 Å². The number of nitrogens with two attached hydrogens (primary N) is 1. The standard InChI is InChI=1S/C21H25N7O3S/c1-3-17(29)27-10-4-5-16(12-27)28-21-18(20(22)23-13-24-21)19(26-28)15-8-6-14(7-9-15)11-25-32(2,30)31/h3,6-9,13,16,25H,1,4-5,10-12H2,2H3,(H2,22,23,24). The first-order chi connectivity index (χ1) is 15.3. The third-order valence-corrected chi connectivity index (χ3v) is 6.18. The molecule has 0 radical (unpaired) electrons. The lowest BCUT2D eigenvalue weighted by molar-refractivity contribution is -0.127. The van der Waals surface area contributed by atoms with Gasteiger partial charge in [-0.3, -0.25) is 4.79 Å². The molecule has 0 spiro atoms. The Balaban J connectivity index is 1.70. The Labute approximate surface area is 186 Å². The first-order valence-corrected chi connectivity index (χ1v) is 12.1. The first kappa shape index (κ1) is 21.9. The van der Waals surface area contributed by atoms with Crippen LogP contribution in [0.5, 0.6) is 0 Å². The summed E-state index contributed by atoms with van der Waals surface area (Å²) in [6, 6.07) is 7.36. The van der Waals surface area contributed by atoms with Crippen molar-refractivity contribution in [2.45, 2.75) is 25.4 Å². The van der Waals surface area contributed by atoms with Crippen molar-refractivity contribution in [3.63, 3.8) is 0 Å². The monoisotopic (exact) mass is 455 g/mol. The van der Waals surface area contributed by atoms with Crippen LogP contribution < -0.4 is 10.5 Å². The molecular formula is C21H25N7O3S. The summed E-state index contributed by atoms with van der Waals surface area (Å²) >= 11 is 0. The number of carbonyl (C=O) groups is 1. The van der Waals surface area contributed by atoms with Gasteiger partial charge in [-0.15, -0.1) is 0 Å². The van der Waals surface area contributed by atoms with Crippen molar-refractivity contribution < 1.29 is 13.2 Å². The van der Waals surface area contributed by atoms with E-state index in [4.69, 9.17) is 10.8 Å². The van der Waals surface area contributed by atoms with Gasteiger partial charge in [0, 0.05) is 25.2 Å². The van der Waals surface area contributed by atoms with Gasteiger partial charge in [0.15, 0.2) is 5.65 Å². The molecule has 0 bridgehead atoms. The van der Waals surface area contributed by atoms with Gasteiger partial charge < -0.3 is 10.6 Å². The minimum atomic E-state index is -3.27. The van der Waals surface area contributed by atoms with Crippen LogP contribution in [0.3, 0.4) is 0 Å². The fraction of sp³-hybridized carbons (Fsp3) is 0.333. The molecule has 11 heteroatoms. The van der Waals surface area contributed by atoms with E-state index < -0.39 is 10.0 Å². The van der Waals surface area contributed by atoms with Crippen LogP contribution in [0.2, 0.25) is 0 Å². The second-order valence-electron chi connectivity index (χ2n) is 7.83. The number of sulfonamides is 1. The number of nitrogens with one attached hydrogen (secondary N) is 1. The molecule has 1 unspecified atom stereocenters. The van der Waals surface area contributed by atoms with Crippen molar-refractivity contribution >= 4 is 32.8 Å². The summed E-state index contributed by atoms with van der Waals surface area (Å²) in [7, 11) is -3.27. The summed E-state index contributed by atoms with van der Waals surface area (Å²) in [5, 5.41) is 5.49. The van der Waals surface area contributed by atoms with Gasteiger partial charge in [0.1, 0.15) is 17.8 Å². The Morgan fingerprint density at radius 2 is 2.06 bits per heavy atom. The molecule has 1 fully saturated rings. The highest BCUT2D eigenvalue weighted by atomic mass is 32.2. The lowest BCUT2D eigenvalue weighted by Gasteiger charge is -2.32. The van der Waals surface area contributed by atoms with Gasteiger partial charge in [0.25, 0.3) is 0 Å². The maximum absolute atomic E-state index is 12.1. The molecule has 1 aliphatic rings. The van der Waals surface area contributed by atoms with Gasteiger partial charge in [0.05, 0.1) is 17.7 Å². The Kier molecular flexibility index (Phi) is 5.94. The molecule has 4 rings (SSSR count). The third-order valence-electron chi connectivity index (χ3n) is 5.51. The van der Waals surface area contributed by atoms with Crippen LogP contribution >= 0.6 is 0 Å². The van der Waals surface area contributed by atoms with Crippen molar-refractivity contribution in [1.29, 1.82) is 0 Å².